The van der Waals surface area contributed by atoms with E-state index in [9.17, 15) is 27.9 Å². The number of hydrogen-bond acceptors (Lipinski definition) is 5. The van der Waals surface area contributed by atoms with Crippen molar-refractivity contribution in [1.29, 1.82) is 0 Å². The Kier molecular flexibility index (Phi) is 5.83. The minimum Gasteiger partial charge on any atom is -0.480 e. The van der Waals surface area contributed by atoms with Crippen LogP contribution in [0.5, 0.6) is 0 Å². The maximum Gasteiger partial charge on any atom is 0.416 e. The van der Waals surface area contributed by atoms with Crippen molar-refractivity contribution < 1.29 is 27.9 Å². The van der Waals surface area contributed by atoms with E-state index < -0.39 is 23.8 Å². The summed E-state index contributed by atoms with van der Waals surface area (Å²) in [5, 5.41) is 9.23. The number of carbonyl (C=O) groups excluding carboxylic acids is 1. The van der Waals surface area contributed by atoms with E-state index in [-0.39, 0.29) is 23.2 Å². The van der Waals surface area contributed by atoms with Gasteiger partial charge in [-0.25, -0.2) is 5.43 Å². The number of nitrogens with one attached hydrogen (secondary N) is 2. The summed E-state index contributed by atoms with van der Waals surface area (Å²) >= 11 is 0. The molecule has 0 aliphatic carbocycles. The molecule has 2 aliphatic heterocycles. The van der Waals surface area contributed by atoms with Crippen LogP contribution in [-0.2, 0) is 11.0 Å². The first-order chi connectivity index (χ1) is 12.8. The topological polar surface area (TPSA) is 81.7 Å². The molecule has 0 bridgehead atoms. The number of nitrogens with zero attached hydrogens (tertiary/aromatic N) is 1. The fraction of sp³-hybridized carbons (Fsp3) is 0.556. The Balaban J connectivity index is 1.62. The second-order valence-electron chi connectivity index (χ2n) is 7.14. The van der Waals surface area contributed by atoms with Gasteiger partial charge in [-0.2, -0.15) is 13.2 Å². The van der Waals surface area contributed by atoms with Crippen molar-refractivity contribution in [3.63, 3.8) is 0 Å². The van der Waals surface area contributed by atoms with Gasteiger partial charge in [0.25, 0.3) is 0 Å². The first-order valence-corrected chi connectivity index (χ1v) is 8.90. The lowest BCUT2D eigenvalue weighted by atomic mass is 9.89. The molecule has 3 unspecified atom stereocenters. The number of halogens is 3. The summed E-state index contributed by atoms with van der Waals surface area (Å²) in [5.74, 6) is -1.48. The highest BCUT2D eigenvalue weighted by Gasteiger charge is 2.36. The molecule has 9 heteroatoms. The minimum absolute atomic E-state index is 0.109. The predicted molar refractivity (Wildman–Crippen MR) is 91.0 cm³/mol. The van der Waals surface area contributed by atoms with Crippen LogP contribution in [0.2, 0.25) is 0 Å². The normalized spacial score (nSPS) is 26.9. The molecule has 1 aromatic rings. The number of ketones is 1. The van der Waals surface area contributed by atoms with Gasteiger partial charge in [-0.05, 0) is 31.5 Å². The molecule has 27 heavy (non-hydrogen) atoms. The van der Waals surface area contributed by atoms with Crippen molar-refractivity contribution >= 4 is 11.8 Å². The summed E-state index contributed by atoms with van der Waals surface area (Å²) < 4.78 is 38.0. The predicted octanol–water partition coefficient (Wildman–Crippen LogP) is 1.78. The van der Waals surface area contributed by atoms with Crippen molar-refractivity contribution in [3.8, 4) is 0 Å². The van der Waals surface area contributed by atoms with Crippen LogP contribution in [0.15, 0.2) is 24.3 Å². The summed E-state index contributed by atoms with van der Waals surface area (Å²) in [6.07, 6.45) is -2.95. The molecule has 3 rings (SSSR count). The third kappa shape index (κ3) is 4.66. The Morgan fingerprint density at radius 3 is 2.56 bits per heavy atom. The van der Waals surface area contributed by atoms with Crippen LogP contribution >= 0.6 is 0 Å². The summed E-state index contributed by atoms with van der Waals surface area (Å²) in [4.78, 5) is 26.0. The molecule has 2 heterocycles. The smallest absolute Gasteiger partial charge is 0.416 e. The second-order valence-corrected chi connectivity index (χ2v) is 7.14. The lowest BCUT2D eigenvalue weighted by Crippen LogP contribution is -2.46. The Morgan fingerprint density at radius 1 is 1.22 bits per heavy atom. The number of rotatable bonds is 5. The number of aliphatic carboxylic acids is 1. The quantitative estimate of drug-likeness (QED) is 0.671. The highest BCUT2D eigenvalue weighted by molar-refractivity contribution is 5.98. The molecule has 2 saturated heterocycles. The number of Topliss-reactive ketones (excluding diaryl/α,β-unsaturated/α-hetero) is 1. The number of hydrazine groups is 1. The first-order valence-electron chi connectivity index (χ1n) is 8.90. The third-order valence-electron chi connectivity index (χ3n) is 5.23. The molecule has 2 aliphatic rings. The molecule has 3 N–H and O–H groups in total. The third-order valence-corrected chi connectivity index (χ3v) is 5.23. The molecular formula is C18H22F3N3O3. The van der Waals surface area contributed by atoms with Crippen LogP contribution in [-0.4, -0.2) is 54.0 Å². The monoisotopic (exact) mass is 385 g/mol. The largest absolute Gasteiger partial charge is 0.480 e. The number of carbonyl (C=O) groups is 2. The Labute approximate surface area is 154 Å². The van der Waals surface area contributed by atoms with E-state index in [1.807, 2.05) is 0 Å². The average molecular weight is 385 g/mol. The van der Waals surface area contributed by atoms with E-state index in [1.165, 1.54) is 12.1 Å². The second kappa shape index (κ2) is 7.95. The van der Waals surface area contributed by atoms with E-state index in [2.05, 4.69) is 15.8 Å². The van der Waals surface area contributed by atoms with Crippen LogP contribution in [0.25, 0.3) is 0 Å². The van der Waals surface area contributed by atoms with Gasteiger partial charge in [0.15, 0.2) is 5.78 Å². The van der Waals surface area contributed by atoms with E-state index in [0.29, 0.717) is 26.1 Å². The average Bonchev–Trinajstić information content (AvgIpc) is 3.09. The molecule has 2 fully saturated rings. The van der Waals surface area contributed by atoms with Crippen LogP contribution in [0.1, 0.15) is 28.8 Å². The zero-order chi connectivity index (χ0) is 19.6. The summed E-state index contributed by atoms with van der Waals surface area (Å²) in [6.45, 7) is 2.35. The SMILES string of the molecule is O=C(c1ccc(C(F)(F)F)cc1)C1CCCN(CC2CNNC2C(=O)O)C1. The van der Waals surface area contributed by atoms with Gasteiger partial charge < -0.3 is 10.0 Å². The number of alkyl halides is 3. The molecule has 0 spiro atoms. The fourth-order valence-electron chi connectivity index (χ4n) is 3.80. The molecule has 148 valence electrons. The molecular weight excluding hydrogens is 363 g/mol. The Morgan fingerprint density at radius 2 is 1.93 bits per heavy atom. The van der Waals surface area contributed by atoms with E-state index >= 15 is 0 Å². The molecule has 0 radical (unpaired) electrons. The molecule has 3 atom stereocenters. The summed E-state index contributed by atoms with van der Waals surface area (Å²) in [5.41, 5.74) is 5.10. The number of piperidine rings is 1. The number of carboxylic acids is 1. The maximum atomic E-state index is 12.7. The maximum absolute atomic E-state index is 12.7. The zero-order valence-electron chi connectivity index (χ0n) is 14.6. The number of hydrogen-bond donors (Lipinski definition) is 3. The molecule has 0 aromatic heterocycles. The lowest BCUT2D eigenvalue weighted by Gasteiger charge is -2.34. The van der Waals surface area contributed by atoms with E-state index in [0.717, 1.165) is 25.1 Å². The van der Waals surface area contributed by atoms with Gasteiger partial charge >= 0.3 is 12.1 Å². The summed E-state index contributed by atoms with van der Waals surface area (Å²) in [6, 6.07) is 3.66. The van der Waals surface area contributed by atoms with Gasteiger partial charge in [-0.3, -0.25) is 15.0 Å². The molecule has 6 nitrogen and oxygen atoms in total. The van der Waals surface area contributed by atoms with Crippen molar-refractivity contribution in [2.24, 2.45) is 11.8 Å². The molecule has 1 aromatic carbocycles. The van der Waals surface area contributed by atoms with Crippen molar-refractivity contribution in [2.45, 2.75) is 25.1 Å². The Bertz CT molecular complexity index is 693. The minimum atomic E-state index is -4.42. The van der Waals surface area contributed by atoms with Crippen molar-refractivity contribution in [2.75, 3.05) is 26.2 Å². The fourth-order valence-corrected chi connectivity index (χ4v) is 3.80. The van der Waals surface area contributed by atoms with Crippen LogP contribution in [0.3, 0.4) is 0 Å². The highest BCUT2D eigenvalue weighted by atomic mass is 19.4. The van der Waals surface area contributed by atoms with Gasteiger partial charge in [0.1, 0.15) is 6.04 Å². The number of benzene rings is 1. The molecule has 0 amide bonds. The van der Waals surface area contributed by atoms with Crippen molar-refractivity contribution in [3.05, 3.63) is 35.4 Å². The van der Waals surface area contributed by atoms with Gasteiger partial charge in [-0.1, -0.05) is 12.1 Å². The van der Waals surface area contributed by atoms with Crippen molar-refractivity contribution in [1.82, 2.24) is 15.8 Å². The van der Waals surface area contributed by atoms with Gasteiger partial charge in [-0.15, -0.1) is 0 Å². The zero-order valence-corrected chi connectivity index (χ0v) is 14.6. The molecule has 0 saturated carbocycles. The van der Waals surface area contributed by atoms with Gasteiger partial charge in [0.05, 0.1) is 5.56 Å². The number of carboxylic acid groups (broad SMARTS) is 1. The lowest BCUT2D eigenvalue weighted by molar-refractivity contribution is -0.140. The van der Waals surface area contributed by atoms with E-state index in [4.69, 9.17) is 0 Å². The summed E-state index contributed by atoms with van der Waals surface area (Å²) in [7, 11) is 0. The van der Waals surface area contributed by atoms with Gasteiger partial charge in [0.2, 0.25) is 0 Å². The Hall–Kier alpha value is -1.97. The standard InChI is InChI=1S/C18H22F3N3O3/c19-18(20,21)14-5-3-11(4-6-14)16(25)12-2-1-7-24(9-12)10-13-8-22-23-15(13)17(26)27/h3-6,12-13,15,22-23H,1-2,7-10H2,(H,26,27). The number of likely N-dealkylation sites (tertiary alicyclic amines) is 1. The van der Waals surface area contributed by atoms with Crippen LogP contribution in [0.4, 0.5) is 13.2 Å². The van der Waals surface area contributed by atoms with Gasteiger partial charge in [0, 0.05) is 37.0 Å². The van der Waals surface area contributed by atoms with Crippen LogP contribution in [0, 0.1) is 11.8 Å². The first kappa shape index (κ1) is 19.8. The van der Waals surface area contributed by atoms with Crippen LogP contribution < -0.4 is 10.9 Å². The highest BCUT2D eigenvalue weighted by Crippen LogP contribution is 2.30. The van der Waals surface area contributed by atoms with E-state index in [1.54, 1.807) is 0 Å².